The van der Waals surface area contributed by atoms with E-state index in [1.807, 2.05) is 6.07 Å². The molecule has 0 unspecified atom stereocenters. The summed E-state index contributed by atoms with van der Waals surface area (Å²) in [6.07, 6.45) is 1.33. The normalized spacial score (nSPS) is 14.4. The Labute approximate surface area is 211 Å². The lowest BCUT2D eigenvalue weighted by atomic mass is 10.1. The molecule has 3 N–H and O–H groups in total. The Hall–Kier alpha value is -4.83. The number of aromatic carboxylic acids is 1. The number of amides is 3. The first-order valence-corrected chi connectivity index (χ1v) is 11.1. The Bertz CT molecular complexity index is 1400. The summed E-state index contributed by atoms with van der Waals surface area (Å²) in [6, 6.07) is 21.1. The number of carbonyl (C=O) groups is 4. The summed E-state index contributed by atoms with van der Waals surface area (Å²) < 4.78 is 5.65. The average molecular weight is 502 g/mol. The lowest BCUT2D eigenvalue weighted by Crippen LogP contribution is -2.54. The Morgan fingerprint density at radius 1 is 1.00 bits per heavy atom. The van der Waals surface area contributed by atoms with Gasteiger partial charge >= 0.3 is 5.97 Å². The van der Waals surface area contributed by atoms with E-state index in [1.165, 1.54) is 30.3 Å². The molecule has 0 aliphatic carbocycles. The number of rotatable bonds is 7. The number of carboxylic acid groups (broad SMARTS) is 1. The minimum absolute atomic E-state index is 0.0435. The maximum absolute atomic E-state index is 13.3. The molecular weight excluding hydrogens is 482 g/mol. The smallest absolute Gasteiger partial charge is 0.335 e. The van der Waals surface area contributed by atoms with Gasteiger partial charge in [0.15, 0.2) is 11.7 Å². The van der Waals surface area contributed by atoms with Gasteiger partial charge in [0.05, 0.1) is 11.3 Å². The Balaban J connectivity index is 1.57. The maximum atomic E-state index is 13.3. The zero-order valence-corrected chi connectivity index (χ0v) is 19.5. The third kappa shape index (κ3) is 5.45. The summed E-state index contributed by atoms with van der Waals surface area (Å²) >= 11 is 5.17. The van der Waals surface area contributed by atoms with E-state index in [2.05, 4.69) is 10.6 Å². The topological polar surface area (TPSA) is 125 Å². The van der Waals surface area contributed by atoms with Crippen molar-refractivity contribution in [2.45, 2.75) is 0 Å². The maximum Gasteiger partial charge on any atom is 0.335 e. The van der Waals surface area contributed by atoms with Gasteiger partial charge in [-0.25, -0.2) is 4.79 Å². The first kappa shape index (κ1) is 24.3. The Morgan fingerprint density at radius 2 is 1.72 bits per heavy atom. The largest absolute Gasteiger partial charge is 0.483 e. The molecule has 0 spiro atoms. The number of carboxylic acids is 1. The predicted molar refractivity (Wildman–Crippen MR) is 137 cm³/mol. The SMILES string of the molecule is O=C(COc1ccccc1C=C1C(=O)NC(=S)N(c2cccc(C(=O)O)c2)C1=O)Nc1ccccc1. The van der Waals surface area contributed by atoms with Gasteiger partial charge in [-0.05, 0) is 54.7 Å². The molecule has 0 radical (unpaired) electrons. The standard InChI is InChI=1S/C26H19N3O6S/c30-22(27-18-9-2-1-3-10-18)15-35-21-12-5-4-7-16(21)14-20-23(31)28-26(36)29(24(20)32)19-11-6-8-17(13-19)25(33)34/h1-14H,15H2,(H,27,30)(H,33,34)(H,28,31,36). The summed E-state index contributed by atoms with van der Waals surface area (Å²) in [6.45, 7) is -0.298. The molecule has 0 aromatic heterocycles. The van der Waals surface area contributed by atoms with Crippen LogP contribution in [0.25, 0.3) is 6.08 Å². The van der Waals surface area contributed by atoms with Crippen molar-refractivity contribution in [3.63, 3.8) is 0 Å². The van der Waals surface area contributed by atoms with Crippen LogP contribution in [0.4, 0.5) is 11.4 Å². The second kappa shape index (κ2) is 10.6. The van der Waals surface area contributed by atoms with Crippen molar-refractivity contribution in [1.82, 2.24) is 5.32 Å². The third-order valence-corrected chi connectivity index (χ3v) is 5.37. The number of hydrogen-bond donors (Lipinski definition) is 3. The zero-order valence-electron chi connectivity index (χ0n) is 18.6. The summed E-state index contributed by atoms with van der Waals surface area (Å²) in [5, 5.41) is 14.3. The first-order chi connectivity index (χ1) is 17.3. The average Bonchev–Trinajstić information content (AvgIpc) is 2.86. The molecule has 1 aliphatic heterocycles. The van der Waals surface area contributed by atoms with Crippen molar-refractivity contribution < 1.29 is 29.0 Å². The van der Waals surface area contributed by atoms with E-state index in [9.17, 15) is 24.3 Å². The molecule has 3 aromatic rings. The summed E-state index contributed by atoms with van der Waals surface area (Å²) in [5.41, 5.74) is 0.912. The quantitative estimate of drug-likeness (QED) is 0.258. The molecule has 0 saturated carbocycles. The van der Waals surface area contributed by atoms with Crippen LogP contribution in [-0.4, -0.2) is 40.5 Å². The van der Waals surface area contributed by atoms with Gasteiger partial charge in [-0.2, -0.15) is 0 Å². The van der Waals surface area contributed by atoms with E-state index in [4.69, 9.17) is 17.0 Å². The molecule has 1 aliphatic rings. The molecule has 4 rings (SSSR count). The van der Waals surface area contributed by atoms with Gasteiger partial charge in [0.25, 0.3) is 17.7 Å². The van der Waals surface area contributed by atoms with Crippen molar-refractivity contribution in [2.75, 3.05) is 16.8 Å². The fraction of sp³-hybridized carbons (Fsp3) is 0.0385. The number of nitrogens with one attached hydrogen (secondary N) is 2. The van der Waals surface area contributed by atoms with Crippen LogP contribution in [0.15, 0.2) is 84.4 Å². The van der Waals surface area contributed by atoms with Crippen LogP contribution in [0.3, 0.4) is 0 Å². The highest BCUT2D eigenvalue weighted by atomic mass is 32.1. The summed E-state index contributed by atoms with van der Waals surface area (Å²) in [5.74, 6) is -2.73. The van der Waals surface area contributed by atoms with Gasteiger partial charge < -0.3 is 15.2 Å². The van der Waals surface area contributed by atoms with Crippen molar-refractivity contribution in [1.29, 1.82) is 0 Å². The highest BCUT2D eigenvalue weighted by molar-refractivity contribution is 7.80. The van der Waals surface area contributed by atoms with E-state index in [0.717, 1.165) is 4.90 Å². The van der Waals surface area contributed by atoms with Crippen LogP contribution in [-0.2, 0) is 14.4 Å². The zero-order chi connectivity index (χ0) is 25.7. The highest BCUT2D eigenvalue weighted by Gasteiger charge is 2.35. The van der Waals surface area contributed by atoms with Gasteiger partial charge in [0, 0.05) is 11.3 Å². The Morgan fingerprint density at radius 3 is 2.47 bits per heavy atom. The minimum Gasteiger partial charge on any atom is -0.483 e. The molecule has 1 saturated heterocycles. The fourth-order valence-corrected chi connectivity index (χ4v) is 3.70. The van der Waals surface area contributed by atoms with Crippen molar-refractivity contribution >= 4 is 58.5 Å². The number of hydrogen-bond acceptors (Lipinski definition) is 6. The molecule has 3 amide bonds. The second-order valence-electron chi connectivity index (χ2n) is 7.55. The number of carbonyl (C=O) groups excluding carboxylic acids is 3. The molecule has 1 heterocycles. The number of benzene rings is 3. The minimum atomic E-state index is -1.17. The number of nitrogens with zero attached hydrogens (tertiary/aromatic N) is 1. The van der Waals surface area contributed by atoms with E-state index in [1.54, 1.807) is 48.5 Å². The lowest BCUT2D eigenvalue weighted by Gasteiger charge is -2.29. The van der Waals surface area contributed by atoms with Crippen LogP contribution in [0.5, 0.6) is 5.75 Å². The summed E-state index contributed by atoms with van der Waals surface area (Å²) in [4.78, 5) is 50.6. The van der Waals surface area contributed by atoms with E-state index >= 15 is 0 Å². The molecule has 180 valence electrons. The molecule has 0 bridgehead atoms. The van der Waals surface area contributed by atoms with Crippen LogP contribution < -0.4 is 20.3 Å². The molecule has 9 nitrogen and oxygen atoms in total. The molecular formula is C26H19N3O6S. The number of thiocarbonyl (C=S) groups is 1. The Kier molecular flexibility index (Phi) is 7.17. The van der Waals surface area contributed by atoms with Gasteiger partial charge in [-0.1, -0.05) is 42.5 Å². The third-order valence-electron chi connectivity index (χ3n) is 5.09. The van der Waals surface area contributed by atoms with Gasteiger partial charge in [-0.3, -0.25) is 24.6 Å². The van der Waals surface area contributed by atoms with Crippen molar-refractivity contribution in [3.8, 4) is 5.75 Å². The summed E-state index contributed by atoms with van der Waals surface area (Å²) in [7, 11) is 0. The number of para-hydroxylation sites is 2. The second-order valence-corrected chi connectivity index (χ2v) is 7.94. The van der Waals surface area contributed by atoms with Gasteiger partial charge in [0.2, 0.25) is 0 Å². The van der Waals surface area contributed by atoms with E-state index < -0.39 is 17.8 Å². The molecule has 1 fully saturated rings. The molecule has 3 aromatic carbocycles. The van der Waals surface area contributed by atoms with Crippen molar-refractivity contribution in [3.05, 3.63) is 95.6 Å². The van der Waals surface area contributed by atoms with Crippen LogP contribution in [0.1, 0.15) is 15.9 Å². The first-order valence-electron chi connectivity index (χ1n) is 10.6. The predicted octanol–water partition coefficient (Wildman–Crippen LogP) is 3.23. The van der Waals surface area contributed by atoms with Crippen LogP contribution in [0, 0.1) is 0 Å². The number of ether oxygens (including phenoxy) is 1. The van der Waals surface area contributed by atoms with Gasteiger partial charge in [0.1, 0.15) is 11.3 Å². The molecule has 0 atom stereocenters. The van der Waals surface area contributed by atoms with Gasteiger partial charge in [-0.15, -0.1) is 0 Å². The lowest BCUT2D eigenvalue weighted by molar-refractivity contribution is -0.122. The molecule has 36 heavy (non-hydrogen) atoms. The van der Waals surface area contributed by atoms with Crippen molar-refractivity contribution in [2.24, 2.45) is 0 Å². The molecule has 10 heteroatoms. The van der Waals surface area contributed by atoms with E-state index in [-0.39, 0.29) is 40.2 Å². The number of anilines is 2. The van der Waals surface area contributed by atoms with E-state index in [0.29, 0.717) is 11.3 Å². The van der Waals surface area contributed by atoms with Crippen LogP contribution >= 0.6 is 12.2 Å². The fourth-order valence-electron chi connectivity index (χ4n) is 3.42. The van der Waals surface area contributed by atoms with Crippen LogP contribution in [0.2, 0.25) is 0 Å². The monoisotopic (exact) mass is 501 g/mol. The highest BCUT2D eigenvalue weighted by Crippen LogP contribution is 2.26.